The van der Waals surface area contributed by atoms with Gasteiger partial charge in [0.05, 0.1) is 6.04 Å². The molecule has 1 aromatic rings. The zero-order valence-electron chi connectivity index (χ0n) is 12.6. The monoisotopic (exact) mass is 266 g/mol. The van der Waals surface area contributed by atoms with Crippen molar-refractivity contribution < 1.29 is 4.42 Å². The molecule has 0 aliphatic carbocycles. The first-order valence-electron chi connectivity index (χ1n) is 7.33. The normalized spacial score (nSPS) is 21.2. The molecule has 0 bridgehead atoms. The van der Waals surface area contributed by atoms with E-state index in [1.807, 2.05) is 6.92 Å². The van der Waals surface area contributed by atoms with Crippen molar-refractivity contribution in [3.8, 4) is 0 Å². The van der Waals surface area contributed by atoms with Gasteiger partial charge in [-0.15, -0.1) is 5.10 Å². The molecule has 1 atom stereocenters. The number of rotatable bonds is 4. The van der Waals surface area contributed by atoms with Crippen LogP contribution in [0.15, 0.2) is 4.42 Å². The minimum absolute atomic E-state index is 0.120. The second kappa shape index (κ2) is 5.90. The number of hydrogen-bond donors (Lipinski definition) is 1. The lowest BCUT2D eigenvalue weighted by Gasteiger charge is -2.22. The quantitative estimate of drug-likeness (QED) is 0.908. The molecule has 0 aromatic carbocycles. The summed E-state index contributed by atoms with van der Waals surface area (Å²) in [7, 11) is 0. The molecule has 2 rings (SSSR count). The molecule has 0 spiro atoms. The Kier molecular flexibility index (Phi) is 4.45. The minimum Gasteiger partial charge on any atom is -0.406 e. The maximum atomic E-state index is 5.80. The van der Waals surface area contributed by atoms with E-state index in [-0.39, 0.29) is 6.04 Å². The van der Waals surface area contributed by atoms with E-state index in [1.165, 1.54) is 19.3 Å². The standard InChI is InChI=1S/C14H26N4O/c1-5-15-11(2)12-16-17-13(19-12)18-9-6-7-14(3,4)8-10-18/h11,15H,5-10H2,1-4H3. The lowest BCUT2D eigenvalue weighted by Crippen LogP contribution is -2.25. The number of aromatic nitrogens is 2. The van der Waals surface area contributed by atoms with Crippen LogP contribution in [-0.2, 0) is 0 Å². The predicted octanol–water partition coefficient (Wildman–Crippen LogP) is 2.76. The van der Waals surface area contributed by atoms with E-state index in [9.17, 15) is 0 Å². The average molecular weight is 266 g/mol. The topological polar surface area (TPSA) is 54.2 Å². The van der Waals surface area contributed by atoms with Gasteiger partial charge in [-0.05, 0) is 38.1 Å². The van der Waals surface area contributed by atoms with E-state index in [4.69, 9.17) is 4.42 Å². The summed E-state index contributed by atoms with van der Waals surface area (Å²) in [5.41, 5.74) is 0.425. The molecule has 1 aromatic heterocycles. The molecule has 1 N–H and O–H groups in total. The summed E-state index contributed by atoms with van der Waals surface area (Å²) in [6.07, 6.45) is 3.62. The van der Waals surface area contributed by atoms with Crippen molar-refractivity contribution in [3.63, 3.8) is 0 Å². The van der Waals surface area contributed by atoms with Gasteiger partial charge in [-0.2, -0.15) is 0 Å². The first-order valence-corrected chi connectivity index (χ1v) is 7.33. The van der Waals surface area contributed by atoms with Crippen LogP contribution in [0.4, 0.5) is 6.01 Å². The fraction of sp³-hybridized carbons (Fsp3) is 0.857. The van der Waals surface area contributed by atoms with Crippen molar-refractivity contribution >= 4 is 6.01 Å². The fourth-order valence-electron chi connectivity index (χ4n) is 2.54. The van der Waals surface area contributed by atoms with Crippen molar-refractivity contribution in [3.05, 3.63) is 5.89 Å². The second-order valence-electron chi connectivity index (χ2n) is 6.21. The molecule has 1 saturated heterocycles. The predicted molar refractivity (Wildman–Crippen MR) is 76.2 cm³/mol. The summed E-state index contributed by atoms with van der Waals surface area (Å²) >= 11 is 0. The van der Waals surface area contributed by atoms with Gasteiger partial charge in [-0.3, -0.25) is 0 Å². The van der Waals surface area contributed by atoms with E-state index in [2.05, 4.69) is 41.2 Å². The third kappa shape index (κ3) is 3.69. The third-order valence-corrected chi connectivity index (χ3v) is 3.92. The lowest BCUT2D eigenvalue weighted by molar-refractivity contribution is 0.324. The van der Waals surface area contributed by atoms with Crippen molar-refractivity contribution in [2.75, 3.05) is 24.5 Å². The molecule has 0 saturated carbocycles. The van der Waals surface area contributed by atoms with E-state index >= 15 is 0 Å². The number of nitrogens with zero attached hydrogens (tertiary/aromatic N) is 3. The van der Waals surface area contributed by atoms with Crippen molar-refractivity contribution in [2.45, 2.75) is 53.0 Å². The molecule has 1 unspecified atom stereocenters. The van der Waals surface area contributed by atoms with Gasteiger partial charge in [-0.1, -0.05) is 25.9 Å². The summed E-state index contributed by atoms with van der Waals surface area (Å²) in [6.45, 7) is 11.7. The molecule has 1 aliphatic heterocycles. The molecular weight excluding hydrogens is 240 g/mol. The van der Waals surface area contributed by atoms with E-state index in [0.717, 1.165) is 19.6 Å². The van der Waals surface area contributed by atoms with E-state index in [1.54, 1.807) is 0 Å². The maximum Gasteiger partial charge on any atom is 0.318 e. The van der Waals surface area contributed by atoms with Crippen LogP contribution in [0.3, 0.4) is 0 Å². The highest BCUT2D eigenvalue weighted by Gasteiger charge is 2.25. The largest absolute Gasteiger partial charge is 0.406 e. The van der Waals surface area contributed by atoms with Gasteiger partial charge < -0.3 is 14.6 Å². The molecule has 2 heterocycles. The summed E-state index contributed by atoms with van der Waals surface area (Å²) < 4.78 is 5.80. The van der Waals surface area contributed by atoms with Gasteiger partial charge in [0.25, 0.3) is 0 Å². The van der Waals surface area contributed by atoms with Gasteiger partial charge in [-0.25, -0.2) is 0 Å². The Morgan fingerprint density at radius 1 is 1.32 bits per heavy atom. The number of anilines is 1. The SMILES string of the molecule is CCNC(C)c1nnc(N2CCCC(C)(C)CC2)o1. The molecular formula is C14H26N4O. The zero-order chi connectivity index (χ0) is 13.9. The molecule has 0 radical (unpaired) electrons. The van der Waals surface area contributed by atoms with Crippen LogP contribution in [0.5, 0.6) is 0 Å². The smallest absolute Gasteiger partial charge is 0.318 e. The molecule has 1 fully saturated rings. The molecule has 1 aliphatic rings. The fourth-order valence-corrected chi connectivity index (χ4v) is 2.54. The Hall–Kier alpha value is -1.10. The molecule has 108 valence electrons. The van der Waals surface area contributed by atoms with Gasteiger partial charge in [0.15, 0.2) is 0 Å². The summed E-state index contributed by atoms with van der Waals surface area (Å²) in [4.78, 5) is 2.23. The number of nitrogens with one attached hydrogen (secondary N) is 1. The average Bonchev–Trinajstić information content (AvgIpc) is 2.76. The molecule has 19 heavy (non-hydrogen) atoms. The Balaban J connectivity index is 2.02. The lowest BCUT2D eigenvalue weighted by atomic mass is 9.85. The Labute approximate surface area is 115 Å². The first kappa shape index (κ1) is 14.3. The van der Waals surface area contributed by atoms with Gasteiger partial charge in [0.2, 0.25) is 5.89 Å². The highest BCUT2D eigenvalue weighted by Crippen LogP contribution is 2.31. The molecule has 5 nitrogen and oxygen atoms in total. The Morgan fingerprint density at radius 3 is 2.84 bits per heavy atom. The van der Waals surface area contributed by atoms with Crippen LogP contribution in [0, 0.1) is 5.41 Å². The summed E-state index contributed by atoms with van der Waals surface area (Å²) in [5.74, 6) is 0.681. The Morgan fingerprint density at radius 2 is 2.11 bits per heavy atom. The van der Waals surface area contributed by atoms with E-state index < -0.39 is 0 Å². The van der Waals surface area contributed by atoms with Crippen LogP contribution in [-0.4, -0.2) is 29.8 Å². The Bertz CT molecular complexity index is 402. The van der Waals surface area contributed by atoms with Crippen molar-refractivity contribution in [1.82, 2.24) is 15.5 Å². The highest BCUT2D eigenvalue weighted by atomic mass is 16.4. The second-order valence-corrected chi connectivity index (χ2v) is 6.21. The van der Waals surface area contributed by atoms with Gasteiger partial charge >= 0.3 is 6.01 Å². The summed E-state index contributed by atoms with van der Waals surface area (Å²) in [5, 5.41) is 11.6. The van der Waals surface area contributed by atoms with Crippen LogP contribution in [0.2, 0.25) is 0 Å². The van der Waals surface area contributed by atoms with Crippen LogP contribution in [0.1, 0.15) is 58.9 Å². The number of hydrogen-bond acceptors (Lipinski definition) is 5. The molecule has 0 amide bonds. The third-order valence-electron chi connectivity index (χ3n) is 3.92. The zero-order valence-corrected chi connectivity index (χ0v) is 12.6. The first-order chi connectivity index (χ1) is 9.02. The van der Waals surface area contributed by atoms with E-state index in [0.29, 0.717) is 17.3 Å². The minimum atomic E-state index is 0.120. The molecule has 5 heteroatoms. The van der Waals surface area contributed by atoms with Crippen LogP contribution in [0.25, 0.3) is 0 Å². The summed E-state index contributed by atoms with van der Waals surface area (Å²) in [6, 6.07) is 0.798. The maximum absolute atomic E-state index is 5.80. The van der Waals surface area contributed by atoms with Gasteiger partial charge in [0.1, 0.15) is 0 Å². The van der Waals surface area contributed by atoms with Crippen LogP contribution >= 0.6 is 0 Å². The van der Waals surface area contributed by atoms with Crippen LogP contribution < -0.4 is 10.2 Å². The van der Waals surface area contributed by atoms with Gasteiger partial charge in [0, 0.05) is 13.1 Å². The van der Waals surface area contributed by atoms with Crippen molar-refractivity contribution in [1.29, 1.82) is 0 Å². The van der Waals surface area contributed by atoms with Crippen molar-refractivity contribution in [2.24, 2.45) is 5.41 Å². The highest BCUT2D eigenvalue weighted by molar-refractivity contribution is 5.24.